The van der Waals surface area contributed by atoms with E-state index in [0.29, 0.717) is 36.3 Å². The average molecular weight is 379 g/mol. The highest BCUT2D eigenvalue weighted by Crippen LogP contribution is 2.25. The van der Waals surface area contributed by atoms with Gasteiger partial charge in [-0.1, -0.05) is 17.7 Å². The highest BCUT2D eigenvalue weighted by molar-refractivity contribution is 6.32. The zero-order chi connectivity index (χ0) is 19.1. The van der Waals surface area contributed by atoms with E-state index < -0.39 is 4.92 Å². The Morgan fingerprint density at radius 1 is 1.15 bits per heavy atom. The van der Waals surface area contributed by atoms with Gasteiger partial charge < -0.3 is 10.6 Å². The number of nitrogens with one attached hydrogen (secondary N) is 3. The van der Waals surface area contributed by atoms with Crippen LogP contribution in [0.2, 0.25) is 5.02 Å². The molecule has 0 aliphatic carbocycles. The Kier molecular flexibility index (Phi) is 6.61. The lowest BCUT2D eigenvalue weighted by Gasteiger charge is -2.08. The maximum atomic E-state index is 11.0. The molecule has 0 aliphatic heterocycles. The van der Waals surface area contributed by atoms with Gasteiger partial charge in [0, 0.05) is 24.7 Å². The SMILES string of the molecule is CCNc1nc(NCC)nc(N/N=C(\C)c2ccc(Cl)c([N+](=O)[O-])c2)n1. The molecule has 2 rings (SSSR count). The van der Waals surface area contributed by atoms with Crippen molar-refractivity contribution in [2.75, 3.05) is 29.1 Å². The van der Waals surface area contributed by atoms with E-state index in [-0.39, 0.29) is 16.7 Å². The minimum Gasteiger partial charge on any atom is -0.354 e. The summed E-state index contributed by atoms with van der Waals surface area (Å²) in [7, 11) is 0. The van der Waals surface area contributed by atoms with Crippen LogP contribution in [-0.4, -0.2) is 38.7 Å². The monoisotopic (exact) mass is 378 g/mol. The third-order valence-corrected chi connectivity index (χ3v) is 3.51. The second kappa shape index (κ2) is 8.90. The molecule has 26 heavy (non-hydrogen) atoms. The Hall–Kier alpha value is -3.01. The Bertz CT molecular complexity index is 803. The van der Waals surface area contributed by atoms with E-state index in [0.717, 1.165) is 0 Å². The van der Waals surface area contributed by atoms with Crippen molar-refractivity contribution in [3.05, 3.63) is 38.9 Å². The molecule has 0 saturated carbocycles. The fourth-order valence-electron chi connectivity index (χ4n) is 1.98. The Balaban J connectivity index is 2.25. The van der Waals surface area contributed by atoms with Gasteiger partial charge in [-0.05, 0) is 26.8 Å². The first-order valence-corrected chi connectivity index (χ1v) is 8.30. The zero-order valence-electron chi connectivity index (χ0n) is 14.6. The molecule has 1 aromatic heterocycles. The first-order chi connectivity index (χ1) is 12.4. The van der Waals surface area contributed by atoms with E-state index in [4.69, 9.17) is 11.6 Å². The molecule has 2 aromatic rings. The molecular formula is C15H19ClN8O2. The highest BCUT2D eigenvalue weighted by Gasteiger charge is 2.14. The summed E-state index contributed by atoms with van der Waals surface area (Å²) in [5.74, 6) is 1.07. The number of rotatable bonds is 8. The lowest BCUT2D eigenvalue weighted by atomic mass is 10.1. The second-order valence-corrected chi connectivity index (χ2v) is 5.51. The van der Waals surface area contributed by atoms with Crippen molar-refractivity contribution in [2.45, 2.75) is 20.8 Å². The van der Waals surface area contributed by atoms with E-state index in [2.05, 4.69) is 36.1 Å². The van der Waals surface area contributed by atoms with Gasteiger partial charge in [0.05, 0.1) is 10.6 Å². The Morgan fingerprint density at radius 3 is 2.27 bits per heavy atom. The molecule has 10 nitrogen and oxygen atoms in total. The minimum absolute atomic E-state index is 0.0718. The molecule has 0 unspecified atom stereocenters. The first-order valence-electron chi connectivity index (χ1n) is 7.93. The lowest BCUT2D eigenvalue weighted by molar-refractivity contribution is -0.384. The molecule has 0 atom stereocenters. The minimum atomic E-state index is -0.538. The number of halogens is 1. The summed E-state index contributed by atoms with van der Waals surface area (Å²) in [6.07, 6.45) is 0. The number of nitro benzene ring substituents is 1. The van der Waals surface area contributed by atoms with Crippen LogP contribution in [-0.2, 0) is 0 Å². The maximum Gasteiger partial charge on any atom is 0.288 e. The number of anilines is 3. The molecule has 11 heteroatoms. The van der Waals surface area contributed by atoms with Crippen LogP contribution in [0, 0.1) is 10.1 Å². The molecule has 0 saturated heterocycles. The molecule has 0 aliphatic rings. The van der Waals surface area contributed by atoms with Crippen LogP contribution in [0.15, 0.2) is 23.3 Å². The molecule has 0 bridgehead atoms. The Morgan fingerprint density at radius 2 is 1.73 bits per heavy atom. The van der Waals surface area contributed by atoms with Crippen molar-refractivity contribution in [1.29, 1.82) is 0 Å². The van der Waals surface area contributed by atoms with E-state index in [1.807, 2.05) is 13.8 Å². The van der Waals surface area contributed by atoms with Crippen molar-refractivity contribution < 1.29 is 4.92 Å². The van der Waals surface area contributed by atoms with Crippen LogP contribution in [0.4, 0.5) is 23.5 Å². The van der Waals surface area contributed by atoms with Gasteiger partial charge in [0.1, 0.15) is 5.02 Å². The van der Waals surface area contributed by atoms with Crippen molar-refractivity contribution in [2.24, 2.45) is 5.10 Å². The number of benzene rings is 1. The van der Waals surface area contributed by atoms with Crippen LogP contribution in [0.3, 0.4) is 0 Å². The molecule has 138 valence electrons. The van der Waals surface area contributed by atoms with Crippen LogP contribution < -0.4 is 16.1 Å². The smallest absolute Gasteiger partial charge is 0.288 e. The van der Waals surface area contributed by atoms with Crippen molar-refractivity contribution in [1.82, 2.24) is 15.0 Å². The topological polar surface area (TPSA) is 130 Å². The summed E-state index contributed by atoms with van der Waals surface area (Å²) in [6.45, 7) is 6.88. The molecule has 1 aromatic carbocycles. The van der Waals surface area contributed by atoms with E-state index in [9.17, 15) is 10.1 Å². The molecule has 3 N–H and O–H groups in total. The lowest BCUT2D eigenvalue weighted by Crippen LogP contribution is -2.11. The molecule has 0 radical (unpaired) electrons. The normalized spacial score (nSPS) is 11.2. The summed E-state index contributed by atoms with van der Waals surface area (Å²) in [4.78, 5) is 23.1. The summed E-state index contributed by atoms with van der Waals surface area (Å²) in [5.41, 5.74) is 3.64. The molecule has 1 heterocycles. The molecule has 0 amide bonds. The predicted octanol–water partition coefficient (Wildman–Crippen LogP) is 3.13. The number of hydrogen-bond acceptors (Lipinski definition) is 9. The molecular weight excluding hydrogens is 360 g/mol. The summed E-state index contributed by atoms with van der Waals surface area (Å²) in [5, 5.41) is 21.3. The summed E-state index contributed by atoms with van der Waals surface area (Å²) < 4.78 is 0. The standard InChI is InChI=1S/C15H19ClN8O2/c1-4-17-13-19-14(18-5-2)21-15(20-13)23-22-9(3)10-6-7-11(16)12(8-10)24(25)26/h6-8H,4-5H2,1-3H3,(H3,17,18,19,20,21,23)/b22-9+. The van der Waals surface area contributed by atoms with E-state index in [1.54, 1.807) is 13.0 Å². The maximum absolute atomic E-state index is 11.0. The van der Waals surface area contributed by atoms with Crippen molar-refractivity contribution in [3.63, 3.8) is 0 Å². The zero-order valence-corrected chi connectivity index (χ0v) is 15.3. The fraction of sp³-hybridized carbons (Fsp3) is 0.333. The van der Waals surface area contributed by atoms with Gasteiger partial charge in [-0.15, -0.1) is 0 Å². The summed E-state index contributed by atoms with van der Waals surface area (Å²) >= 11 is 5.83. The third-order valence-electron chi connectivity index (χ3n) is 3.19. The third kappa shape index (κ3) is 4.99. The molecule has 0 spiro atoms. The van der Waals surface area contributed by atoms with E-state index in [1.165, 1.54) is 12.1 Å². The average Bonchev–Trinajstić information content (AvgIpc) is 2.60. The predicted molar refractivity (Wildman–Crippen MR) is 102 cm³/mol. The van der Waals surface area contributed by atoms with Gasteiger partial charge in [-0.25, -0.2) is 5.43 Å². The fourth-order valence-corrected chi connectivity index (χ4v) is 2.16. The first kappa shape index (κ1) is 19.3. The van der Waals surface area contributed by atoms with Crippen LogP contribution in [0.1, 0.15) is 26.3 Å². The quantitative estimate of drug-likeness (QED) is 0.362. The van der Waals surface area contributed by atoms with Crippen LogP contribution >= 0.6 is 11.6 Å². The van der Waals surface area contributed by atoms with Crippen LogP contribution in [0.25, 0.3) is 0 Å². The highest BCUT2D eigenvalue weighted by atomic mass is 35.5. The van der Waals surface area contributed by atoms with Gasteiger partial charge >= 0.3 is 0 Å². The van der Waals surface area contributed by atoms with Crippen molar-refractivity contribution >= 4 is 40.8 Å². The molecule has 0 fully saturated rings. The number of hydrazone groups is 1. The Labute approximate surface area is 155 Å². The van der Waals surface area contributed by atoms with Gasteiger partial charge in [-0.2, -0.15) is 20.1 Å². The summed E-state index contributed by atoms with van der Waals surface area (Å²) in [6, 6.07) is 4.48. The van der Waals surface area contributed by atoms with Gasteiger partial charge in [0.2, 0.25) is 17.8 Å². The van der Waals surface area contributed by atoms with Crippen molar-refractivity contribution in [3.8, 4) is 0 Å². The second-order valence-electron chi connectivity index (χ2n) is 5.10. The number of aromatic nitrogens is 3. The van der Waals surface area contributed by atoms with Gasteiger partial charge in [0.15, 0.2) is 0 Å². The van der Waals surface area contributed by atoms with E-state index >= 15 is 0 Å². The number of nitrogens with zero attached hydrogens (tertiary/aromatic N) is 5. The van der Waals surface area contributed by atoms with Crippen LogP contribution in [0.5, 0.6) is 0 Å². The number of nitro groups is 1. The largest absolute Gasteiger partial charge is 0.354 e. The van der Waals surface area contributed by atoms with Gasteiger partial charge in [-0.3, -0.25) is 10.1 Å². The number of hydrogen-bond donors (Lipinski definition) is 3. The van der Waals surface area contributed by atoms with Gasteiger partial charge in [0.25, 0.3) is 5.69 Å².